The maximum absolute atomic E-state index is 10.9. The summed E-state index contributed by atoms with van der Waals surface area (Å²) in [6, 6.07) is 0. The number of halogens is 2. The highest BCUT2D eigenvalue weighted by atomic mass is 35.5. The Morgan fingerprint density at radius 3 is 1.55 bits per heavy atom. The zero-order chi connectivity index (χ0) is 44.6. The van der Waals surface area contributed by atoms with Gasteiger partial charge in [-0.05, 0) is 6.92 Å². The van der Waals surface area contributed by atoms with E-state index in [1.165, 1.54) is 26.4 Å². The van der Waals surface area contributed by atoms with Gasteiger partial charge in [-0.25, -0.2) is 14.0 Å². The first-order valence-corrected chi connectivity index (χ1v) is 20.3. The van der Waals surface area contributed by atoms with Crippen LogP contribution in [0.2, 0.25) is 0 Å². The highest BCUT2D eigenvalue weighted by Gasteiger charge is 2.58. The summed E-state index contributed by atoms with van der Waals surface area (Å²) in [5, 5.41) is 138. The predicted octanol–water partition coefficient (Wildman–Crippen LogP) is -7.06. The molecule has 0 aliphatic carbocycles. The lowest BCUT2D eigenvalue weighted by Crippen LogP contribution is -2.61. The number of aliphatic hydroxyl groups excluding tert-OH is 11. The van der Waals surface area contributed by atoms with Gasteiger partial charge >= 0.3 is 0 Å². The summed E-state index contributed by atoms with van der Waals surface area (Å²) in [7, 11) is 0. The third-order valence-corrected chi connectivity index (χ3v) is 11.8. The van der Waals surface area contributed by atoms with Crippen LogP contribution < -0.4 is 0 Å². The minimum absolute atomic E-state index is 0.0136. The molecule has 29 heteroatoms. The van der Waals surface area contributed by atoms with Crippen molar-refractivity contribution in [1.29, 1.82) is 0 Å². The number of hydrogen-bond acceptors (Lipinski definition) is 24. The predicted molar refractivity (Wildman–Crippen MR) is 197 cm³/mol. The summed E-state index contributed by atoms with van der Waals surface area (Å²) < 4.78 is 43.8. The maximum Gasteiger partial charge on any atom is 0.214 e. The second-order valence-electron chi connectivity index (χ2n) is 15.4. The number of ether oxygens (including phenoxy) is 7. The largest absolute Gasteiger partial charge is 0.394 e. The molecule has 348 valence electrons. The molecule has 3 aromatic rings. The standard InChI is InChI=1S/C33H49Cl2N9O18/c1-12-2-42(39-36-12)5-15-20(46)24(50)27(53)30(58-15)56-9-13-3-43(40-37-13)6-16-21(47)25(51)28(54)31(59-16)57-10-14-4-44(41-38-14)7-17-22(48)29(55)33(11-34,61-17)62-32-26(52)23(49)19(35)18(8-45)60-32/h2-4,15-32,45-55H,5-11H2,1H3/t15-,16-,17-,18-,19+,20-,21-,22-,23+,24+,25+,26?,27+,28+,29+,30+,31+,32-,33?/m1/s1. The van der Waals surface area contributed by atoms with Crippen molar-refractivity contribution in [1.82, 2.24) is 45.0 Å². The van der Waals surface area contributed by atoms with Crippen molar-refractivity contribution < 1.29 is 89.3 Å². The molecular formula is C33H49Cl2N9O18. The van der Waals surface area contributed by atoms with Gasteiger partial charge in [0.05, 0.1) is 68.8 Å². The zero-order valence-corrected chi connectivity index (χ0v) is 34.1. The number of hydrogen-bond donors (Lipinski definition) is 11. The van der Waals surface area contributed by atoms with Crippen LogP contribution in [0.15, 0.2) is 18.6 Å². The number of alkyl halides is 2. The lowest BCUT2D eigenvalue weighted by Gasteiger charge is -2.43. The number of aliphatic hydroxyl groups is 11. The Labute approximate surface area is 360 Å². The maximum atomic E-state index is 10.9. The van der Waals surface area contributed by atoms with E-state index in [9.17, 15) is 56.2 Å². The van der Waals surface area contributed by atoms with Crippen LogP contribution in [-0.2, 0) is 66.0 Å². The molecule has 0 amide bonds. The smallest absolute Gasteiger partial charge is 0.214 e. The molecule has 0 aromatic carbocycles. The van der Waals surface area contributed by atoms with Crippen molar-refractivity contribution in [3.8, 4) is 0 Å². The molecule has 2 unspecified atom stereocenters. The van der Waals surface area contributed by atoms with E-state index in [2.05, 4.69) is 30.9 Å². The van der Waals surface area contributed by atoms with Crippen LogP contribution in [-0.4, -0.2) is 229 Å². The molecule has 7 rings (SSSR count). The van der Waals surface area contributed by atoms with Gasteiger partial charge in [-0.2, -0.15) is 0 Å². The third-order valence-electron chi connectivity index (χ3n) is 10.9. The molecule has 0 spiro atoms. The van der Waals surface area contributed by atoms with E-state index in [1.807, 2.05) is 0 Å². The van der Waals surface area contributed by atoms with Crippen LogP contribution in [0.5, 0.6) is 0 Å². The summed E-state index contributed by atoms with van der Waals surface area (Å²) in [6.07, 6.45) is -21.0. The molecule has 7 heterocycles. The Bertz CT molecular complexity index is 1900. The minimum atomic E-state index is -2.15. The van der Waals surface area contributed by atoms with Gasteiger partial charge < -0.3 is 89.3 Å². The molecule has 11 N–H and O–H groups in total. The summed E-state index contributed by atoms with van der Waals surface area (Å²) in [6.45, 7) is 0.0994. The van der Waals surface area contributed by atoms with E-state index in [1.54, 1.807) is 13.1 Å². The van der Waals surface area contributed by atoms with E-state index >= 15 is 0 Å². The molecule has 3 aromatic heterocycles. The van der Waals surface area contributed by atoms with Gasteiger partial charge in [-0.15, -0.1) is 38.5 Å². The van der Waals surface area contributed by atoms with Gasteiger partial charge in [0.1, 0.15) is 96.8 Å². The van der Waals surface area contributed by atoms with Gasteiger partial charge in [-0.1, -0.05) is 15.6 Å². The van der Waals surface area contributed by atoms with Crippen molar-refractivity contribution in [3.63, 3.8) is 0 Å². The lowest BCUT2D eigenvalue weighted by molar-refractivity contribution is -0.358. The monoisotopic (exact) mass is 929 g/mol. The van der Waals surface area contributed by atoms with Gasteiger partial charge in [0, 0.05) is 6.20 Å². The molecule has 0 radical (unpaired) electrons. The van der Waals surface area contributed by atoms with Crippen LogP contribution in [0.1, 0.15) is 17.1 Å². The van der Waals surface area contributed by atoms with Crippen molar-refractivity contribution in [2.45, 2.75) is 155 Å². The van der Waals surface area contributed by atoms with Gasteiger partial charge in [0.15, 0.2) is 18.9 Å². The first-order chi connectivity index (χ1) is 29.5. The molecule has 4 fully saturated rings. The Hall–Kier alpha value is -2.72. The Morgan fingerprint density at radius 1 is 0.597 bits per heavy atom. The normalized spacial score (nSPS) is 41.5. The summed E-state index contributed by atoms with van der Waals surface area (Å²) >= 11 is 12.2. The van der Waals surface area contributed by atoms with Gasteiger partial charge in [0.2, 0.25) is 5.79 Å². The first kappa shape index (κ1) is 47.2. The van der Waals surface area contributed by atoms with Crippen LogP contribution in [0, 0.1) is 6.92 Å². The quantitative estimate of drug-likeness (QED) is 0.0595. The average molecular weight is 931 g/mol. The van der Waals surface area contributed by atoms with Crippen molar-refractivity contribution in [2.75, 3.05) is 12.5 Å². The van der Waals surface area contributed by atoms with E-state index in [-0.39, 0.29) is 44.2 Å². The van der Waals surface area contributed by atoms with Crippen molar-refractivity contribution in [2.24, 2.45) is 0 Å². The van der Waals surface area contributed by atoms with E-state index in [0.29, 0.717) is 5.69 Å². The van der Waals surface area contributed by atoms with Crippen LogP contribution in [0.4, 0.5) is 0 Å². The summed E-state index contributed by atoms with van der Waals surface area (Å²) in [5.41, 5.74) is 1.04. The first-order valence-electron chi connectivity index (χ1n) is 19.3. The fourth-order valence-corrected chi connectivity index (χ4v) is 7.92. The van der Waals surface area contributed by atoms with Crippen LogP contribution in [0.3, 0.4) is 0 Å². The summed E-state index contributed by atoms with van der Waals surface area (Å²) in [5.74, 6) is -2.72. The topological polar surface area (TPSA) is 379 Å². The lowest BCUT2D eigenvalue weighted by atomic mass is 9.99. The second-order valence-corrected chi connectivity index (χ2v) is 16.2. The Balaban J connectivity index is 0.906. The second kappa shape index (κ2) is 19.8. The molecule has 19 atom stereocenters. The third kappa shape index (κ3) is 9.91. The molecule has 4 aliphatic heterocycles. The summed E-state index contributed by atoms with van der Waals surface area (Å²) in [4.78, 5) is 0. The molecule has 27 nitrogen and oxygen atoms in total. The highest BCUT2D eigenvalue weighted by molar-refractivity contribution is 6.21. The average Bonchev–Trinajstić information content (AvgIpc) is 4.06. The van der Waals surface area contributed by atoms with Crippen LogP contribution in [0.25, 0.3) is 0 Å². The molecular weight excluding hydrogens is 881 g/mol. The SMILES string of the molecule is Cc1cn(C[C@H]2O[C@H](OCc3cn(C[C@H]4O[C@H](OCc5cn(C[C@H]6OC(CCl)(O[C@H]7O[C@H](CO)[C@H](Cl)[C@H](O)C7O)[C@@H](O)[C@@H]6O)nn5)[C@@H](O)[C@@H](O)[C@@H]4O)nn3)[C@@H](O)[C@@H](O)[C@@H]2O)nn1. The Kier molecular flexibility index (Phi) is 15.1. The van der Waals surface area contributed by atoms with Gasteiger partial charge in [0.25, 0.3) is 0 Å². The van der Waals surface area contributed by atoms with E-state index < -0.39 is 128 Å². The molecule has 4 aliphatic rings. The number of rotatable bonds is 16. The number of aromatic nitrogens is 9. The fraction of sp³-hybridized carbons (Fsp3) is 0.818. The molecule has 4 saturated heterocycles. The minimum Gasteiger partial charge on any atom is -0.394 e. The molecule has 0 saturated carbocycles. The van der Waals surface area contributed by atoms with Gasteiger partial charge in [-0.3, -0.25) is 0 Å². The Morgan fingerprint density at radius 2 is 1.06 bits per heavy atom. The van der Waals surface area contributed by atoms with E-state index in [0.717, 1.165) is 0 Å². The fourth-order valence-electron chi connectivity index (χ4n) is 7.35. The molecule has 0 bridgehead atoms. The zero-order valence-electron chi connectivity index (χ0n) is 32.6. The highest BCUT2D eigenvalue weighted by Crippen LogP contribution is 2.38. The van der Waals surface area contributed by atoms with Crippen LogP contribution >= 0.6 is 23.2 Å². The molecule has 62 heavy (non-hydrogen) atoms. The number of nitrogens with zero attached hydrogens (tertiary/aromatic N) is 9. The van der Waals surface area contributed by atoms with Crippen molar-refractivity contribution >= 4 is 23.2 Å². The number of aryl methyl sites for hydroxylation is 1. The van der Waals surface area contributed by atoms with Crippen molar-refractivity contribution in [3.05, 3.63) is 35.7 Å². The van der Waals surface area contributed by atoms with E-state index in [4.69, 9.17) is 56.4 Å².